The van der Waals surface area contributed by atoms with Crippen LogP contribution in [-0.2, 0) is 11.3 Å². The van der Waals surface area contributed by atoms with Crippen molar-refractivity contribution in [3.8, 4) is 16.9 Å². The van der Waals surface area contributed by atoms with Gasteiger partial charge in [0.15, 0.2) is 0 Å². The van der Waals surface area contributed by atoms with Crippen LogP contribution in [0.2, 0.25) is 0 Å². The number of hydrogen-bond acceptors (Lipinski definition) is 5. The van der Waals surface area contributed by atoms with Crippen molar-refractivity contribution in [3.05, 3.63) is 53.5 Å². The van der Waals surface area contributed by atoms with E-state index in [0.29, 0.717) is 29.1 Å². The largest absolute Gasteiger partial charge is 0.497 e. The maximum Gasteiger partial charge on any atom is 0.141 e. The standard InChI is InChI=1S/C21H20FN3O2/c1-3-25-10-17-19(18(25)11-26)20(23)16-6-4-5-15(21(16)24-17)12-7-13(22)9-14(8-12)27-2/h4-9,11,18H,3,10H2,1-2H3,(H2,23,24). The van der Waals surface area contributed by atoms with Gasteiger partial charge in [-0.1, -0.05) is 25.1 Å². The highest BCUT2D eigenvalue weighted by Gasteiger charge is 2.33. The second-order valence-corrected chi connectivity index (χ2v) is 6.61. The topological polar surface area (TPSA) is 68.5 Å². The summed E-state index contributed by atoms with van der Waals surface area (Å²) in [5.74, 6) is 0.0583. The SMILES string of the molecule is CCN1Cc2nc3c(-c4cc(F)cc(OC)c4)cccc3c(N)c2C1C=O. The monoisotopic (exact) mass is 365 g/mol. The molecule has 0 radical (unpaired) electrons. The van der Waals surface area contributed by atoms with Crippen LogP contribution < -0.4 is 10.5 Å². The molecule has 0 saturated carbocycles. The van der Waals surface area contributed by atoms with Gasteiger partial charge in [-0.25, -0.2) is 4.39 Å². The molecule has 1 atom stereocenters. The Morgan fingerprint density at radius 2 is 2.19 bits per heavy atom. The summed E-state index contributed by atoms with van der Waals surface area (Å²) >= 11 is 0. The summed E-state index contributed by atoms with van der Waals surface area (Å²) in [6.07, 6.45) is 0.917. The second-order valence-electron chi connectivity index (χ2n) is 6.61. The third-order valence-electron chi connectivity index (χ3n) is 5.17. The van der Waals surface area contributed by atoms with Crippen molar-refractivity contribution in [2.75, 3.05) is 19.4 Å². The molecule has 1 unspecified atom stereocenters. The molecular weight excluding hydrogens is 345 g/mol. The Bertz CT molecular complexity index is 1050. The number of carbonyl (C=O) groups is 1. The molecule has 1 aromatic heterocycles. The number of rotatable bonds is 4. The quantitative estimate of drug-likeness (QED) is 0.714. The molecule has 0 amide bonds. The van der Waals surface area contributed by atoms with Crippen LogP contribution in [0.25, 0.3) is 22.0 Å². The number of nitrogens with zero attached hydrogens (tertiary/aromatic N) is 2. The lowest BCUT2D eigenvalue weighted by atomic mass is 9.97. The maximum atomic E-state index is 14.0. The van der Waals surface area contributed by atoms with E-state index < -0.39 is 0 Å². The maximum absolute atomic E-state index is 14.0. The molecule has 0 saturated heterocycles. The van der Waals surface area contributed by atoms with Gasteiger partial charge in [0.2, 0.25) is 0 Å². The second kappa shape index (κ2) is 6.63. The molecule has 0 aliphatic carbocycles. The normalized spacial score (nSPS) is 16.5. The molecule has 6 heteroatoms. The molecule has 27 heavy (non-hydrogen) atoms. The van der Waals surface area contributed by atoms with Gasteiger partial charge in [0, 0.05) is 34.8 Å². The fraction of sp³-hybridized carbons (Fsp3) is 0.238. The first-order valence-corrected chi connectivity index (χ1v) is 8.82. The lowest BCUT2D eigenvalue weighted by Crippen LogP contribution is -2.22. The van der Waals surface area contributed by atoms with Crippen LogP contribution in [0.3, 0.4) is 0 Å². The number of halogens is 1. The number of anilines is 1. The van der Waals surface area contributed by atoms with Gasteiger partial charge in [-0.2, -0.15) is 0 Å². The zero-order valence-corrected chi connectivity index (χ0v) is 15.2. The Labute approximate surface area is 156 Å². The number of nitrogen functional groups attached to an aromatic ring is 1. The van der Waals surface area contributed by atoms with E-state index in [1.165, 1.54) is 19.2 Å². The molecule has 0 bridgehead atoms. The fourth-order valence-electron chi connectivity index (χ4n) is 3.83. The van der Waals surface area contributed by atoms with E-state index in [9.17, 15) is 9.18 Å². The molecule has 3 aromatic rings. The van der Waals surface area contributed by atoms with Gasteiger partial charge in [0.25, 0.3) is 0 Å². The number of ether oxygens (including phenoxy) is 1. The number of likely N-dealkylation sites (N-methyl/N-ethyl adjacent to an activating group) is 1. The Hall–Kier alpha value is -2.99. The van der Waals surface area contributed by atoms with Gasteiger partial charge in [-0.05, 0) is 24.2 Å². The highest BCUT2D eigenvalue weighted by atomic mass is 19.1. The zero-order chi connectivity index (χ0) is 19.1. The molecular formula is C21H20FN3O2. The summed E-state index contributed by atoms with van der Waals surface area (Å²) in [6, 6.07) is 9.82. The number of aromatic nitrogens is 1. The van der Waals surface area contributed by atoms with Crippen LogP contribution in [0.4, 0.5) is 10.1 Å². The van der Waals surface area contributed by atoms with Crippen LogP contribution in [-0.4, -0.2) is 29.8 Å². The van der Waals surface area contributed by atoms with Gasteiger partial charge in [0.05, 0.1) is 24.4 Å². The summed E-state index contributed by atoms with van der Waals surface area (Å²) in [5.41, 5.74) is 10.8. The molecule has 2 N–H and O–H groups in total. The molecule has 0 fully saturated rings. The number of pyridine rings is 1. The summed E-state index contributed by atoms with van der Waals surface area (Å²) in [7, 11) is 1.50. The number of nitrogens with two attached hydrogens (primary N) is 1. The van der Waals surface area contributed by atoms with Crippen LogP contribution in [0.5, 0.6) is 5.75 Å². The number of carbonyl (C=O) groups excluding carboxylic acids is 1. The van der Waals surface area contributed by atoms with Gasteiger partial charge >= 0.3 is 0 Å². The number of methoxy groups -OCH3 is 1. The molecule has 5 nitrogen and oxygen atoms in total. The van der Waals surface area contributed by atoms with Crippen molar-refractivity contribution in [1.82, 2.24) is 9.88 Å². The highest BCUT2D eigenvalue weighted by molar-refractivity contribution is 6.02. The van der Waals surface area contributed by atoms with Gasteiger partial charge < -0.3 is 15.3 Å². The smallest absolute Gasteiger partial charge is 0.141 e. The molecule has 138 valence electrons. The highest BCUT2D eigenvalue weighted by Crippen LogP contribution is 2.41. The van der Waals surface area contributed by atoms with Crippen molar-refractivity contribution in [3.63, 3.8) is 0 Å². The minimum Gasteiger partial charge on any atom is -0.497 e. The number of benzene rings is 2. The third kappa shape index (κ3) is 2.73. The summed E-state index contributed by atoms with van der Waals surface area (Å²) in [4.78, 5) is 18.5. The van der Waals surface area contributed by atoms with Gasteiger partial charge in [-0.3, -0.25) is 9.88 Å². The lowest BCUT2D eigenvalue weighted by molar-refractivity contribution is -0.112. The Morgan fingerprint density at radius 1 is 1.37 bits per heavy atom. The minimum atomic E-state index is -0.381. The number of fused-ring (bicyclic) bond motifs is 2. The summed E-state index contributed by atoms with van der Waals surface area (Å²) < 4.78 is 19.2. The van der Waals surface area contributed by atoms with Crippen LogP contribution >= 0.6 is 0 Å². The van der Waals surface area contributed by atoms with Gasteiger partial charge in [-0.15, -0.1) is 0 Å². The molecule has 1 aliphatic rings. The van der Waals surface area contributed by atoms with E-state index >= 15 is 0 Å². The first kappa shape index (κ1) is 17.4. The number of para-hydroxylation sites is 1. The fourth-order valence-corrected chi connectivity index (χ4v) is 3.83. The average Bonchev–Trinajstić information content (AvgIpc) is 3.05. The Kier molecular flexibility index (Phi) is 4.28. The van der Waals surface area contributed by atoms with E-state index in [0.717, 1.165) is 35.0 Å². The Morgan fingerprint density at radius 3 is 2.89 bits per heavy atom. The van der Waals surface area contributed by atoms with Crippen molar-refractivity contribution >= 4 is 22.9 Å². The molecule has 1 aliphatic heterocycles. The van der Waals surface area contributed by atoms with Crippen LogP contribution in [0.1, 0.15) is 24.2 Å². The number of aldehydes is 1. The van der Waals surface area contributed by atoms with Crippen molar-refractivity contribution in [2.45, 2.75) is 19.5 Å². The van der Waals surface area contributed by atoms with Crippen molar-refractivity contribution in [1.29, 1.82) is 0 Å². The first-order valence-electron chi connectivity index (χ1n) is 8.82. The van der Waals surface area contributed by atoms with Crippen LogP contribution in [0.15, 0.2) is 36.4 Å². The van der Waals surface area contributed by atoms with E-state index in [-0.39, 0.29) is 11.9 Å². The molecule has 2 heterocycles. The Balaban J connectivity index is 1.98. The van der Waals surface area contributed by atoms with Crippen molar-refractivity contribution in [2.24, 2.45) is 0 Å². The predicted octanol–water partition coefficient (Wildman–Crippen LogP) is 3.71. The van der Waals surface area contributed by atoms with E-state index in [1.807, 2.05) is 30.0 Å². The summed E-state index contributed by atoms with van der Waals surface area (Å²) in [5, 5.41) is 0.763. The van der Waals surface area contributed by atoms with E-state index in [1.54, 1.807) is 6.07 Å². The third-order valence-corrected chi connectivity index (χ3v) is 5.17. The van der Waals surface area contributed by atoms with E-state index in [2.05, 4.69) is 0 Å². The molecule has 0 spiro atoms. The lowest BCUT2D eigenvalue weighted by Gasteiger charge is -2.18. The average molecular weight is 365 g/mol. The molecule has 4 rings (SSSR count). The molecule has 2 aromatic carbocycles. The first-order chi connectivity index (χ1) is 13.1. The zero-order valence-electron chi connectivity index (χ0n) is 15.2. The predicted molar refractivity (Wildman–Crippen MR) is 103 cm³/mol. The minimum absolute atomic E-state index is 0.375. The number of hydrogen-bond donors (Lipinski definition) is 1. The summed E-state index contributed by atoms with van der Waals surface area (Å²) in [6.45, 7) is 3.29. The van der Waals surface area contributed by atoms with Crippen LogP contribution in [0, 0.1) is 5.82 Å². The van der Waals surface area contributed by atoms with Crippen molar-refractivity contribution < 1.29 is 13.9 Å². The van der Waals surface area contributed by atoms with E-state index in [4.69, 9.17) is 15.5 Å². The van der Waals surface area contributed by atoms with Gasteiger partial charge in [0.1, 0.15) is 17.9 Å².